The second kappa shape index (κ2) is 10.6. The molecule has 35 heavy (non-hydrogen) atoms. The van der Waals surface area contributed by atoms with Crippen molar-refractivity contribution >= 4 is 61.3 Å². The van der Waals surface area contributed by atoms with Gasteiger partial charge < -0.3 is 10.1 Å². The maximum Gasteiger partial charge on any atom is 0.265 e. The number of sulfonamides is 1. The Morgan fingerprint density at radius 3 is 2.37 bits per heavy atom. The fourth-order valence-electron chi connectivity index (χ4n) is 3.49. The third kappa shape index (κ3) is 5.88. The number of rotatable bonds is 8. The van der Waals surface area contributed by atoms with E-state index in [1.165, 1.54) is 42.5 Å². The van der Waals surface area contributed by atoms with Crippen molar-refractivity contribution in [3.63, 3.8) is 0 Å². The predicted molar refractivity (Wildman–Crippen MR) is 141 cm³/mol. The molecule has 2 N–H and O–H groups in total. The molecule has 0 spiro atoms. The van der Waals surface area contributed by atoms with Crippen molar-refractivity contribution < 1.29 is 17.9 Å². The zero-order valence-corrected chi connectivity index (χ0v) is 21.0. The van der Waals surface area contributed by atoms with Crippen LogP contribution < -0.4 is 14.8 Å². The molecule has 6 nitrogen and oxygen atoms in total. The van der Waals surface area contributed by atoms with Crippen LogP contribution in [0.15, 0.2) is 89.8 Å². The Bertz CT molecular complexity index is 1470. The van der Waals surface area contributed by atoms with Crippen LogP contribution in [0.4, 0.5) is 11.4 Å². The number of carbonyl (C=O) groups is 1. The van der Waals surface area contributed by atoms with Gasteiger partial charge in [0.2, 0.25) is 0 Å². The third-order valence-electron chi connectivity index (χ3n) is 5.29. The normalized spacial score (nSPS) is 12.2. The Hall–Kier alpha value is -3.26. The number of hydrogen-bond acceptors (Lipinski definition) is 4. The van der Waals surface area contributed by atoms with E-state index in [1.54, 1.807) is 0 Å². The van der Waals surface area contributed by atoms with Crippen LogP contribution in [0, 0.1) is 0 Å². The Morgan fingerprint density at radius 2 is 1.66 bits per heavy atom. The molecule has 4 aromatic carbocycles. The summed E-state index contributed by atoms with van der Waals surface area (Å²) < 4.78 is 33.9. The minimum Gasteiger partial charge on any atom is -0.480 e. The number of halogens is 2. The quantitative estimate of drug-likeness (QED) is 0.265. The second-order valence-corrected chi connectivity index (χ2v) is 10.3. The highest BCUT2D eigenvalue weighted by Crippen LogP contribution is 2.29. The molecular formula is C26H22Cl2N2O4S. The van der Waals surface area contributed by atoms with Crippen molar-refractivity contribution in [1.29, 1.82) is 0 Å². The van der Waals surface area contributed by atoms with Gasteiger partial charge in [-0.3, -0.25) is 9.52 Å². The summed E-state index contributed by atoms with van der Waals surface area (Å²) in [5, 5.41) is 5.31. The number of fused-ring (bicyclic) bond motifs is 1. The lowest BCUT2D eigenvalue weighted by molar-refractivity contribution is -0.122. The van der Waals surface area contributed by atoms with Crippen LogP contribution in [0.3, 0.4) is 0 Å². The van der Waals surface area contributed by atoms with Gasteiger partial charge in [0, 0.05) is 16.1 Å². The maximum atomic E-state index is 12.9. The molecule has 0 fully saturated rings. The van der Waals surface area contributed by atoms with Crippen molar-refractivity contribution in [2.45, 2.75) is 24.3 Å². The molecule has 0 radical (unpaired) electrons. The highest BCUT2D eigenvalue weighted by molar-refractivity contribution is 7.92. The Kier molecular flexibility index (Phi) is 7.50. The molecule has 0 saturated carbocycles. The van der Waals surface area contributed by atoms with Crippen molar-refractivity contribution in [2.75, 3.05) is 10.0 Å². The SMILES string of the molecule is CC[C@H](Oc1cccc2ccccc12)C(=O)Nc1ccc(S(=O)(=O)Nc2ccc(Cl)cc2Cl)cc1. The van der Waals surface area contributed by atoms with E-state index in [0.717, 1.165) is 10.8 Å². The number of anilines is 2. The molecule has 0 bridgehead atoms. The molecule has 9 heteroatoms. The number of amides is 1. The molecule has 0 aliphatic rings. The topological polar surface area (TPSA) is 84.5 Å². The fourth-order valence-corrected chi connectivity index (χ4v) is 5.08. The van der Waals surface area contributed by atoms with E-state index in [4.69, 9.17) is 27.9 Å². The molecule has 0 aliphatic heterocycles. The van der Waals surface area contributed by atoms with Gasteiger partial charge in [0.05, 0.1) is 15.6 Å². The maximum absolute atomic E-state index is 12.9. The van der Waals surface area contributed by atoms with Crippen LogP contribution in [0.5, 0.6) is 5.75 Å². The summed E-state index contributed by atoms with van der Waals surface area (Å²) in [6.45, 7) is 1.86. The number of benzene rings is 4. The summed E-state index contributed by atoms with van der Waals surface area (Å²) in [5.41, 5.74) is 0.656. The van der Waals surface area contributed by atoms with Gasteiger partial charge >= 0.3 is 0 Å². The van der Waals surface area contributed by atoms with Gasteiger partial charge in [-0.15, -0.1) is 0 Å². The Balaban J connectivity index is 1.45. The number of carbonyl (C=O) groups excluding carboxylic acids is 1. The van der Waals surface area contributed by atoms with Crippen LogP contribution in [0.25, 0.3) is 10.8 Å². The van der Waals surface area contributed by atoms with Gasteiger partial charge in [0.25, 0.3) is 15.9 Å². The molecule has 0 unspecified atom stereocenters. The average Bonchev–Trinajstić information content (AvgIpc) is 2.84. The van der Waals surface area contributed by atoms with E-state index in [9.17, 15) is 13.2 Å². The summed E-state index contributed by atoms with van der Waals surface area (Å²) in [4.78, 5) is 12.9. The predicted octanol–water partition coefficient (Wildman–Crippen LogP) is 6.74. The van der Waals surface area contributed by atoms with Crippen LogP contribution in [0.1, 0.15) is 13.3 Å². The zero-order chi connectivity index (χ0) is 25.0. The number of hydrogen-bond donors (Lipinski definition) is 2. The Morgan fingerprint density at radius 1 is 0.943 bits per heavy atom. The minimum absolute atomic E-state index is 0.0144. The smallest absolute Gasteiger partial charge is 0.265 e. The van der Waals surface area contributed by atoms with Crippen molar-refractivity contribution in [3.05, 3.63) is 95.0 Å². The van der Waals surface area contributed by atoms with Crippen LogP contribution >= 0.6 is 23.2 Å². The summed E-state index contributed by atoms with van der Waals surface area (Å²) >= 11 is 11.9. The first-order chi connectivity index (χ1) is 16.8. The van der Waals surface area contributed by atoms with E-state index in [-0.39, 0.29) is 21.5 Å². The van der Waals surface area contributed by atoms with E-state index in [1.807, 2.05) is 49.4 Å². The lowest BCUT2D eigenvalue weighted by Gasteiger charge is -2.18. The summed E-state index contributed by atoms with van der Waals surface area (Å²) in [6, 6.07) is 23.8. The summed E-state index contributed by atoms with van der Waals surface area (Å²) in [7, 11) is -3.89. The van der Waals surface area contributed by atoms with Gasteiger partial charge in [-0.2, -0.15) is 0 Å². The number of nitrogens with one attached hydrogen (secondary N) is 2. The molecule has 1 amide bonds. The lowest BCUT2D eigenvalue weighted by Crippen LogP contribution is -2.32. The van der Waals surface area contributed by atoms with E-state index in [0.29, 0.717) is 22.9 Å². The summed E-state index contributed by atoms with van der Waals surface area (Å²) in [5.74, 6) is 0.292. The average molecular weight is 529 g/mol. The first-order valence-corrected chi connectivity index (χ1v) is 13.0. The minimum atomic E-state index is -3.89. The molecule has 0 aliphatic carbocycles. The van der Waals surface area contributed by atoms with Gasteiger partial charge in [0.1, 0.15) is 5.75 Å². The fraction of sp³-hybridized carbons (Fsp3) is 0.115. The van der Waals surface area contributed by atoms with Crippen LogP contribution in [-0.4, -0.2) is 20.4 Å². The van der Waals surface area contributed by atoms with Crippen molar-refractivity contribution in [2.24, 2.45) is 0 Å². The second-order valence-electron chi connectivity index (χ2n) is 7.74. The standard InChI is InChI=1S/C26H22Cl2N2O4S/c1-2-24(34-25-9-5-7-17-6-3-4-8-21(17)25)26(31)29-19-11-13-20(14-12-19)35(32,33)30-23-15-10-18(27)16-22(23)28/h3-16,24,30H,2H2,1H3,(H,29,31)/t24-/m0/s1. The molecular weight excluding hydrogens is 507 g/mol. The van der Waals surface area contributed by atoms with Crippen LogP contribution in [-0.2, 0) is 14.8 Å². The Labute approximate surface area is 213 Å². The number of ether oxygens (including phenoxy) is 1. The molecule has 1 atom stereocenters. The van der Waals surface area contributed by atoms with Gasteiger partial charge in [-0.05, 0) is 60.3 Å². The van der Waals surface area contributed by atoms with Gasteiger partial charge in [-0.1, -0.05) is 66.5 Å². The zero-order valence-electron chi connectivity index (χ0n) is 18.7. The van der Waals surface area contributed by atoms with E-state index in [2.05, 4.69) is 10.0 Å². The third-order valence-corrected chi connectivity index (χ3v) is 7.22. The molecule has 180 valence electrons. The van der Waals surface area contributed by atoms with Crippen molar-refractivity contribution in [3.8, 4) is 5.75 Å². The lowest BCUT2D eigenvalue weighted by atomic mass is 10.1. The van der Waals surface area contributed by atoms with Crippen molar-refractivity contribution in [1.82, 2.24) is 0 Å². The van der Waals surface area contributed by atoms with E-state index >= 15 is 0 Å². The molecule has 0 aromatic heterocycles. The monoisotopic (exact) mass is 528 g/mol. The molecule has 4 rings (SSSR count). The molecule has 0 heterocycles. The highest BCUT2D eigenvalue weighted by Gasteiger charge is 2.21. The largest absolute Gasteiger partial charge is 0.480 e. The van der Waals surface area contributed by atoms with Gasteiger partial charge in [0.15, 0.2) is 6.10 Å². The first kappa shape index (κ1) is 24.9. The molecule has 0 saturated heterocycles. The van der Waals surface area contributed by atoms with Crippen LogP contribution in [0.2, 0.25) is 10.0 Å². The van der Waals surface area contributed by atoms with E-state index < -0.39 is 16.1 Å². The molecule has 4 aromatic rings. The summed E-state index contributed by atoms with van der Waals surface area (Å²) in [6.07, 6.45) is -0.272. The first-order valence-electron chi connectivity index (χ1n) is 10.8. The highest BCUT2D eigenvalue weighted by atomic mass is 35.5. The van der Waals surface area contributed by atoms with Gasteiger partial charge in [-0.25, -0.2) is 8.42 Å².